The summed E-state index contributed by atoms with van der Waals surface area (Å²) in [6.45, 7) is 3.08. The molecule has 1 aliphatic rings. The molecule has 1 saturated heterocycles. The molecule has 2 rings (SSSR count). The molecular formula is C14H16F2N2O2. The van der Waals surface area contributed by atoms with E-state index in [4.69, 9.17) is 0 Å². The van der Waals surface area contributed by atoms with Crippen LogP contribution in [0.5, 0.6) is 0 Å². The van der Waals surface area contributed by atoms with Gasteiger partial charge in [-0.15, -0.1) is 0 Å². The van der Waals surface area contributed by atoms with Crippen molar-refractivity contribution in [1.29, 1.82) is 0 Å². The Labute approximate surface area is 116 Å². The van der Waals surface area contributed by atoms with Crippen molar-refractivity contribution >= 4 is 11.8 Å². The van der Waals surface area contributed by atoms with Crippen molar-refractivity contribution in [3.8, 4) is 0 Å². The van der Waals surface area contributed by atoms with E-state index >= 15 is 0 Å². The number of carbonyl (C=O) groups is 2. The number of hydrogen-bond acceptors (Lipinski definition) is 2. The van der Waals surface area contributed by atoms with Crippen LogP contribution in [0.1, 0.15) is 19.4 Å². The lowest BCUT2D eigenvalue weighted by Crippen LogP contribution is -2.61. The number of rotatable bonds is 2. The molecule has 0 unspecified atom stereocenters. The van der Waals surface area contributed by atoms with Gasteiger partial charge in [-0.3, -0.25) is 9.59 Å². The van der Waals surface area contributed by atoms with Gasteiger partial charge in [0.1, 0.15) is 23.7 Å². The SMILES string of the molecule is C[C@H]1C(=O)N(Cc2cc(F)ccc2F)[C@@H](C)C(=O)N1C. The summed E-state index contributed by atoms with van der Waals surface area (Å²) in [6, 6.07) is 1.79. The predicted molar refractivity (Wildman–Crippen MR) is 68.6 cm³/mol. The molecular weight excluding hydrogens is 266 g/mol. The highest BCUT2D eigenvalue weighted by molar-refractivity contribution is 5.96. The third-order valence-corrected chi connectivity index (χ3v) is 3.74. The fourth-order valence-electron chi connectivity index (χ4n) is 2.28. The first-order valence-electron chi connectivity index (χ1n) is 6.34. The molecule has 4 nitrogen and oxygen atoms in total. The van der Waals surface area contributed by atoms with Crippen LogP contribution in [0.3, 0.4) is 0 Å². The smallest absolute Gasteiger partial charge is 0.246 e. The van der Waals surface area contributed by atoms with Crippen LogP contribution in [-0.2, 0) is 16.1 Å². The standard InChI is InChI=1S/C14H16F2N2O2/c1-8-14(20)18(9(2)13(19)17(8)3)7-10-6-11(15)4-5-12(10)16/h4-6,8-9H,7H2,1-3H3/t8-,9-/m0/s1. The van der Waals surface area contributed by atoms with Gasteiger partial charge < -0.3 is 9.80 Å². The van der Waals surface area contributed by atoms with Gasteiger partial charge in [-0.1, -0.05) is 0 Å². The Morgan fingerprint density at radius 2 is 1.75 bits per heavy atom. The van der Waals surface area contributed by atoms with Crippen molar-refractivity contribution in [2.24, 2.45) is 0 Å². The number of halogens is 2. The maximum absolute atomic E-state index is 13.6. The van der Waals surface area contributed by atoms with E-state index < -0.39 is 23.7 Å². The third-order valence-electron chi connectivity index (χ3n) is 3.74. The molecule has 0 radical (unpaired) electrons. The second-order valence-corrected chi connectivity index (χ2v) is 5.00. The number of piperazine rings is 1. The first-order chi connectivity index (χ1) is 9.32. The summed E-state index contributed by atoms with van der Waals surface area (Å²) in [5.74, 6) is -1.65. The van der Waals surface area contributed by atoms with Gasteiger partial charge >= 0.3 is 0 Å². The van der Waals surface area contributed by atoms with Gasteiger partial charge in [-0.05, 0) is 32.0 Å². The van der Waals surface area contributed by atoms with Crippen LogP contribution in [-0.4, -0.2) is 40.7 Å². The molecule has 0 aliphatic carbocycles. The number of nitrogens with zero attached hydrogens (tertiary/aromatic N) is 2. The number of carbonyl (C=O) groups excluding carboxylic acids is 2. The molecule has 1 heterocycles. The van der Waals surface area contributed by atoms with Gasteiger partial charge in [0.15, 0.2) is 0 Å². The van der Waals surface area contributed by atoms with Crippen molar-refractivity contribution in [3.63, 3.8) is 0 Å². The number of likely N-dealkylation sites (N-methyl/N-ethyl adjacent to an activating group) is 1. The van der Waals surface area contributed by atoms with Gasteiger partial charge in [-0.2, -0.15) is 0 Å². The lowest BCUT2D eigenvalue weighted by Gasteiger charge is -2.41. The summed E-state index contributed by atoms with van der Waals surface area (Å²) in [5.41, 5.74) is 0.0646. The molecule has 1 fully saturated rings. The maximum atomic E-state index is 13.6. The minimum absolute atomic E-state index is 0.0646. The van der Waals surface area contributed by atoms with E-state index in [1.54, 1.807) is 20.9 Å². The molecule has 20 heavy (non-hydrogen) atoms. The van der Waals surface area contributed by atoms with E-state index in [1.165, 1.54) is 9.80 Å². The Kier molecular flexibility index (Phi) is 3.74. The zero-order chi connectivity index (χ0) is 15.0. The van der Waals surface area contributed by atoms with E-state index in [9.17, 15) is 18.4 Å². The summed E-state index contributed by atoms with van der Waals surface area (Å²) in [4.78, 5) is 26.9. The first-order valence-corrected chi connectivity index (χ1v) is 6.34. The predicted octanol–water partition coefficient (Wildman–Crippen LogP) is 1.54. The van der Waals surface area contributed by atoms with E-state index in [0.717, 1.165) is 18.2 Å². The van der Waals surface area contributed by atoms with Crippen molar-refractivity contribution in [3.05, 3.63) is 35.4 Å². The normalized spacial score (nSPS) is 23.4. The van der Waals surface area contributed by atoms with E-state index in [1.807, 2.05) is 0 Å². The van der Waals surface area contributed by atoms with Crippen LogP contribution in [0, 0.1) is 11.6 Å². The monoisotopic (exact) mass is 282 g/mol. The van der Waals surface area contributed by atoms with Crippen molar-refractivity contribution in [1.82, 2.24) is 9.80 Å². The minimum atomic E-state index is -0.689. The second kappa shape index (κ2) is 5.19. The minimum Gasteiger partial charge on any atom is -0.332 e. The fraction of sp³-hybridized carbons (Fsp3) is 0.429. The van der Waals surface area contributed by atoms with E-state index in [0.29, 0.717) is 0 Å². The van der Waals surface area contributed by atoms with Crippen LogP contribution < -0.4 is 0 Å². The summed E-state index contributed by atoms with van der Waals surface area (Å²) < 4.78 is 26.8. The average molecular weight is 282 g/mol. The largest absolute Gasteiger partial charge is 0.332 e. The molecule has 1 aliphatic heterocycles. The quantitative estimate of drug-likeness (QED) is 0.825. The van der Waals surface area contributed by atoms with Crippen LogP contribution in [0.2, 0.25) is 0 Å². The van der Waals surface area contributed by atoms with Gasteiger partial charge in [0.25, 0.3) is 0 Å². The lowest BCUT2D eigenvalue weighted by atomic mass is 10.1. The zero-order valence-electron chi connectivity index (χ0n) is 11.6. The topological polar surface area (TPSA) is 40.6 Å². The van der Waals surface area contributed by atoms with Crippen LogP contribution in [0.4, 0.5) is 8.78 Å². The molecule has 0 saturated carbocycles. The summed E-state index contributed by atoms with van der Waals surface area (Å²) in [5, 5.41) is 0. The Bertz CT molecular complexity index is 562. The van der Waals surface area contributed by atoms with Crippen molar-refractivity contribution < 1.29 is 18.4 Å². The molecule has 0 N–H and O–H groups in total. The maximum Gasteiger partial charge on any atom is 0.246 e. The molecule has 2 amide bonds. The fourth-order valence-corrected chi connectivity index (χ4v) is 2.28. The highest BCUT2D eigenvalue weighted by atomic mass is 19.1. The Morgan fingerprint density at radius 1 is 1.10 bits per heavy atom. The van der Waals surface area contributed by atoms with Crippen molar-refractivity contribution in [2.75, 3.05) is 7.05 Å². The van der Waals surface area contributed by atoms with Crippen LogP contribution in [0.15, 0.2) is 18.2 Å². The van der Waals surface area contributed by atoms with Gasteiger partial charge in [-0.25, -0.2) is 8.78 Å². The molecule has 0 aromatic heterocycles. The Hall–Kier alpha value is -1.98. The number of hydrogen-bond donors (Lipinski definition) is 0. The second-order valence-electron chi connectivity index (χ2n) is 5.00. The zero-order valence-corrected chi connectivity index (χ0v) is 11.6. The molecule has 108 valence electrons. The lowest BCUT2D eigenvalue weighted by molar-refractivity contribution is -0.159. The Morgan fingerprint density at radius 3 is 2.40 bits per heavy atom. The number of amides is 2. The summed E-state index contributed by atoms with van der Waals surface area (Å²) >= 11 is 0. The van der Waals surface area contributed by atoms with Gasteiger partial charge in [0, 0.05) is 19.2 Å². The van der Waals surface area contributed by atoms with Gasteiger partial charge in [0.2, 0.25) is 11.8 Å². The molecule has 1 aromatic carbocycles. The highest BCUT2D eigenvalue weighted by Crippen LogP contribution is 2.21. The van der Waals surface area contributed by atoms with Gasteiger partial charge in [0.05, 0.1) is 0 Å². The molecule has 0 bridgehead atoms. The van der Waals surface area contributed by atoms with E-state index in [2.05, 4.69) is 0 Å². The summed E-state index contributed by atoms with van der Waals surface area (Å²) in [7, 11) is 1.56. The van der Waals surface area contributed by atoms with E-state index in [-0.39, 0.29) is 23.9 Å². The van der Waals surface area contributed by atoms with Crippen molar-refractivity contribution in [2.45, 2.75) is 32.5 Å². The number of benzene rings is 1. The molecule has 0 spiro atoms. The highest BCUT2D eigenvalue weighted by Gasteiger charge is 2.39. The van der Waals surface area contributed by atoms with Crippen LogP contribution >= 0.6 is 0 Å². The first kappa shape index (κ1) is 14.4. The molecule has 1 aromatic rings. The summed E-state index contributed by atoms with van der Waals surface area (Å²) in [6.07, 6.45) is 0. The third kappa shape index (κ3) is 2.37. The molecule has 2 atom stereocenters. The Balaban J connectivity index is 2.29. The van der Waals surface area contributed by atoms with Crippen LogP contribution in [0.25, 0.3) is 0 Å². The molecule has 6 heteroatoms. The average Bonchev–Trinajstić information content (AvgIpc) is 2.43.